The summed E-state index contributed by atoms with van der Waals surface area (Å²) in [6, 6.07) is 7.78. The highest BCUT2D eigenvalue weighted by molar-refractivity contribution is 5.31. The van der Waals surface area contributed by atoms with Crippen LogP contribution in [0, 0.1) is 17.3 Å². The molecule has 0 bridgehead atoms. The molecule has 3 heteroatoms. The summed E-state index contributed by atoms with van der Waals surface area (Å²) in [6.45, 7) is 1.58. The van der Waals surface area contributed by atoms with Gasteiger partial charge in [0.05, 0.1) is 13.7 Å². The van der Waals surface area contributed by atoms with Crippen LogP contribution in [0.5, 0.6) is 11.5 Å². The van der Waals surface area contributed by atoms with E-state index >= 15 is 0 Å². The third-order valence-electron chi connectivity index (χ3n) is 4.85. The number of hydrogen-bond donors (Lipinski definition) is 1. The molecule has 0 radical (unpaired) electrons. The Bertz CT molecular complexity index is 419. The smallest absolute Gasteiger partial charge is 0.119 e. The molecule has 2 aliphatic carbocycles. The van der Waals surface area contributed by atoms with Crippen molar-refractivity contribution in [3.8, 4) is 11.5 Å². The molecule has 0 saturated heterocycles. The summed E-state index contributed by atoms with van der Waals surface area (Å²) >= 11 is 0. The van der Waals surface area contributed by atoms with Crippen molar-refractivity contribution in [1.82, 2.24) is 0 Å². The second kappa shape index (κ2) is 5.04. The molecule has 0 aliphatic heterocycles. The molecule has 2 aliphatic rings. The summed E-state index contributed by atoms with van der Waals surface area (Å²) in [5.41, 5.74) is 6.36. The fourth-order valence-corrected chi connectivity index (χ4v) is 3.54. The first-order valence-electron chi connectivity index (χ1n) is 7.22. The monoisotopic (exact) mass is 261 g/mol. The van der Waals surface area contributed by atoms with Gasteiger partial charge in [-0.1, -0.05) is 0 Å². The van der Waals surface area contributed by atoms with Crippen LogP contribution in [0.1, 0.15) is 25.7 Å². The maximum atomic E-state index is 6.00. The van der Waals surface area contributed by atoms with E-state index in [0.29, 0.717) is 5.41 Å². The van der Waals surface area contributed by atoms with Gasteiger partial charge in [0.15, 0.2) is 0 Å². The molecule has 0 aromatic heterocycles. The Morgan fingerprint density at radius 1 is 1.16 bits per heavy atom. The molecule has 1 aromatic carbocycles. The number of benzene rings is 1. The Hall–Kier alpha value is -1.22. The molecule has 3 rings (SSSR count). The molecule has 2 atom stereocenters. The van der Waals surface area contributed by atoms with Crippen molar-refractivity contribution < 1.29 is 9.47 Å². The fraction of sp³-hybridized carbons (Fsp3) is 0.625. The number of hydrogen-bond acceptors (Lipinski definition) is 3. The van der Waals surface area contributed by atoms with Crippen molar-refractivity contribution in [3.63, 3.8) is 0 Å². The Balaban J connectivity index is 1.49. The molecule has 0 heterocycles. The van der Waals surface area contributed by atoms with Crippen molar-refractivity contribution in [2.45, 2.75) is 25.7 Å². The molecular weight excluding hydrogens is 238 g/mol. The zero-order chi connectivity index (χ0) is 13.3. The summed E-state index contributed by atoms with van der Waals surface area (Å²) in [7, 11) is 1.67. The maximum absolute atomic E-state index is 6.00. The molecule has 2 unspecified atom stereocenters. The normalized spacial score (nSPS) is 31.9. The third kappa shape index (κ3) is 2.71. The van der Waals surface area contributed by atoms with Crippen molar-refractivity contribution in [1.29, 1.82) is 0 Å². The predicted octanol–water partition coefficient (Wildman–Crippen LogP) is 2.84. The molecule has 1 aromatic rings. The molecule has 2 fully saturated rings. The first kappa shape index (κ1) is 12.8. The lowest BCUT2D eigenvalue weighted by molar-refractivity contribution is 0.189. The zero-order valence-electron chi connectivity index (χ0n) is 11.6. The highest BCUT2D eigenvalue weighted by Gasteiger charge is 2.52. The molecule has 2 N–H and O–H groups in total. The van der Waals surface area contributed by atoms with E-state index in [1.807, 2.05) is 24.3 Å². The Kier molecular flexibility index (Phi) is 3.40. The Morgan fingerprint density at radius 3 is 2.37 bits per heavy atom. The van der Waals surface area contributed by atoms with E-state index in [1.54, 1.807) is 7.11 Å². The lowest BCUT2D eigenvalue weighted by Gasteiger charge is -2.29. The van der Waals surface area contributed by atoms with E-state index in [4.69, 9.17) is 15.2 Å². The van der Waals surface area contributed by atoms with Crippen LogP contribution in [0.4, 0.5) is 0 Å². The largest absolute Gasteiger partial charge is 0.497 e. The first-order chi connectivity index (χ1) is 9.24. The highest BCUT2D eigenvalue weighted by Crippen LogP contribution is 2.60. The van der Waals surface area contributed by atoms with Gasteiger partial charge in [0, 0.05) is 0 Å². The first-order valence-corrected chi connectivity index (χ1v) is 7.22. The Labute approximate surface area is 115 Å². The number of methoxy groups -OCH3 is 1. The van der Waals surface area contributed by atoms with Gasteiger partial charge in [0.1, 0.15) is 11.5 Å². The highest BCUT2D eigenvalue weighted by atomic mass is 16.5. The molecule has 2 saturated carbocycles. The summed E-state index contributed by atoms with van der Waals surface area (Å²) in [6.07, 6.45) is 5.17. The lowest BCUT2D eigenvalue weighted by Crippen LogP contribution is -2.30. The van der Waals surface area contributed by atoms with Gasteiger partial charge in [-0.05, 0) is 73.7 Å². The van der Waals surface area contributed by atoms with Crippen LogP contribution < -0.4 is 15.2 Å². The van der Waals surface area contributed by atoms with Crippen molar-refractivity contribution in [2.24, 2.45) is 23.0 Å². The van der Waals surface area contributed by atoms with Crippen LogP contribution in [0.15, 0.2) is 24.3 Å². The average molecular weight is 261 g/mol. The van der Waals surface area contributed by atoms with E-state index in [0.717, 1.165) is 42.9 Å². The quantitative estimate of drug-likeness (QED) is 0.856. The van der Waals surface area contributed by atoms with Gasteiger partial charge in [0.25, 0.3) is 0 Å². The van der Waals surface area contributed by atoms with Crippen LogP contribution in [0.2, 0.25) is 0 Å². The van der Waals surface area contributed by atoms with Crippen molar-refractivity contribution in [3.05, 3.63) is 24.3 Å². The van der Waals surface area contributed by atoms with Crippen LogP contribution in [0.3, 0.4) is 0 Å². The number of rotatable bonds is 6. The van der Waals surface area contributed by atoms with Gasteiger partial charge < -0.3 is 15.2 Å². The van der Waals surface area contributed by atoms with E-state index in [1.165, 1.54) is 19.3 Å². The SMILES string of the molecule is COc1ccc(OCCC2(CN)CC3CC3C2)cc1. The third-order valence-corrected chi connectivity index (χ3v) is 4.85. The topological polar surface area (TPSA) is 44.5 Å². The van der Waals surface area contributed by atoms with Gasteiger partial charge >= 0.3 is 0 Å². The van der Waals surface area contributed by atoms with E-state index in [2.05, 4.69) is 0 Å². The van der Waals surface area contributed by atoms with Gasteiger partial charge in [0.2, 0.25) is 0 Å². The molecule has 104 valence electrons. The minimum absolute atomic E-state index is 0.361. The maximum Gasteiger partial charge on any atom is 0.119 e. The second-order valence-corrected chi connectivity index (χ2v) is 6.14. The average Bonchev–Trinajstić information content (AvgIpc) is 3.07. The summed E-state index contributed by atoms with van der Waals surface area (Å²) < 4.78 is 11.0. The lowest BCUT2D eigenvalue weighted by atomic mass is 9.80. The Morgan fingerprint density at radius 2 is 1.79 bits per heavy atom. The van der Waals surface area contributed by atoms with Crippen molar-refractivity contribution >= 4 is 0 Å². The second-order valence-electron chi connectivity index (χ2n) is 6.14. The van der Waals surface area contributed by atoms with Crippen LogP contribution >= 0.6 is 0 Å². The fourth-order valence-electron chi connectivity index (χ4n) is 3.54. The summed E-state index contributed by atoms with van der Waals surface area (Å²) in [5, 5.41) is 0. The number of nitrogens with two attached hydrogens (primary N) is 1. The van der Waals surface area contributed by atoms with Gasteiger partial charge in [-0.25, -0.2) is 0 Å². The minimum atomic E-state index is 0.361. The van der Waals surface area contributed by atoms with Crippen molar-refractivity contribution in [2.75, 3.05) is 20.3 Å². The van der Waals surface area contributed by atoms with Crippen LogP contribution in [-0.4, -0.2) is 20.3 Å². The molecule has 0 amide bonds. The zero-order valence-corrected chi connectivity index (χ0v) is 11.6. The van der Waals surface area contributed by atoms with E-state index in [9.17, 15) is 0 Å². The van der Waals surface area contributed by atoms with Gasteiger partial charge in [-0.15, -0.1) is 0 Å². The summed E-state index contributed by atoms with van der Waals surface area (Å²) in [5.74, 6) is 3.73. The molecule has 19 heavy (non-hydrogen) atoms. The van der Waals surface area contributed by atoms with Gasteiger partial charge in [-0.2, -0.15) is 0 Å². The molecule has 0 spiro atoms. The molecular formula is C16H23NO2. The number of fused-ring (bicyclic) bond motifs is 1. The number of ether oxygens (including phenoxy) is 2. The summed E-state index contributed by atoms with van der Waals surface area (Å²) in [4.78, 5) is 0. The van der Waals surface area contributed by atoms with E-state index in [-0.39, 0.29) is 0 Å². The predicted molar refractivity (Wildman–Crippen MR) is 75.4 cm³/mol. The van der Waals surface area contributed by atoms with Crippen LogP contribution in [-0.2, 0) is 0 Å². The minimum Gasteiger partial charge on any atom is -0.497 e. The van der Waals surface area contributed by atoms with Gasteiger partial charge in [-0.3, -0.25) is 0 Å². The standard InChI is InChI=1S/C16H23NO2/c1-18-14-2-4-15(5-3-14)19-7-6-16(11-17)9-12-8-13(12)10-16/h2-5,12-13H,6-11,17H2,1H3. The van der Waals surface area contributed by atoms with Crippen LogP contribution in [0.25, 0.3) is 0 Å². The van der Waals surface area contributed by atoms with E-state index < -0.39 is 0 Å². The molecule has 3 nitrogen and oxygen atoms in total.